The number of hydrogen-bond acceptors (Lipinski definition) is 8. The Hall–Kier alpha value is -3.18. The molecule has 1 N–H and O–H groups in total. The Morgan fingerprint density at radius 3 is 2.79 bits per heavy atom. The van der Waals surface area contributed by atoms with Crippen molar-refractivity contribution in [2.75, 3.05) is 6.61 Å². The number of carbonyl (C=O) groups excluding carboxylic acids is 2. The van der Waals surface area contributed by atoms with E-state index >= 15 is 4.39 Å². The summed E-state index contributed by atoms with van der Waals surface area (Å²) in [5, 5.41) is 0.280. The zero-order valence-corrected chi connectivity index (χ0v) is 15.1. The molecule has 0 radical (unpaired) electrons. The highest BCUT2D eigenvalue weighted by molar-refractivity contribution is 6.30. The molecule has 1 aromatic heterocycles. The number of aromatic amines is 1. The van der Waals surface area contributed by atoms with Crippen LogP contribution < -0.4 is 11.2 Å². The highest BCUT2D eigenvalue weighted by Gasteiger charge is 2.65. The van der Waals surface area contributed by atoms with Gasteiger partial charge in [-0.3, -0.25) is 14.3 Å². The lowest BCUT2D eigenvalue weighted by atomic mass is 10.1. The lowest BCUT2D eigenvalue weighted by Crippen LogP contribution is -2.42. The number of alkyl halides is 1. The molecule has 0 saturated carbocycles. The van der Waals surface area contributed by atoms with Gasteiger partial charge in [0.05, 0.1) is 5.56 Å². The molecule has 0 aliphatic carbocycles. The molecule has 2 fully saturated rings. The number of benzene rings is 1. The average Bonchev–Trinajstić information content (AvgIpc) is 3.17. The largest absolute Gasteiger partial charge is 0.509 e. The molecular weight excluding hydrogens is 415 g/mol. The van der Waals surface area contributed by atoms with Gasteiger partial charge in [-0.15, -0.1) is 0 Å². The molecule has 0 amide bonds. The fourth-order valence-electron chi connectivity index (χ4n) is 3.07. The molecule has 2 aliphatic heterocycles. The third-order valence-corrected chi connectivity index (χ3v) is 4.60. The van der Waals surface area contributed by atoms with Crippen LogP contribution in [0.4, 0.5) is 9.18 Å². The molecular formula is C17H12ClFN2O8. The summed E-state index contributed by atoms with van der Waals surface area (Å²) in [5.74, 6) is -3.69. The van der Waals surface area contributed by atoms with Crippen LogP contribution in [0.5, 0.6) is 0 Å². The first kappa shape index (κ1) is 19.2. The average molecular weight is 427 g/mol. The lowest BCUT2D eigenvalue weighted by molar-refractivity contribution is -0.211. The van der Waals surface area contributed by atoms with Gasteiger partial charge in [0, 0.05) is 17.3 Å². The van der Waals surface area contributed by atoms with Gasteiger partial charge in [0.15, 0.2) is 18.9 Å². The minimum Gasteiger partial charge on any atom is -0.456 e. The Kier molecular flexibility index (Phi) is 4.63. The number of halogens is 2. The van der Waals surface area contributed by atoms with Gasteiger partial charge in [0.25, 0.3) is 11.4 Å². The van der Waals surface area contributed by atoms with Crippen molar-refractivity contribution in [3.63, 3.8) is 0 Å². The van der Waals surface area contributed by atoms with E-state index in [1.54, 1.807) is 6.07 Å². The quantitative estimate of drug-likeness (QED) is 0.721. The van der Waals surface area contributed by atoms with Gasteiger partial charge in [-0.1, -0.05) is 17.7 Å². The summed E-state index contributed by atoms with van der Waals surface area (Å²) >= 11 is 5.81. The minimum absolute atomic E-state index is 0.0729. The predicted octanol–water partition coefficient (Wildman–Crippen LogP) is 1.15. The van der Waals surface area contributed by atoms with Gasteiger partial charge in [-0.2, -0.15) is 0 Å². The molecule has 12 heteroatoms. The van der Waals surface area contributed by atoms with E-state index in [1.165, 1.54) is 18.2 Å². The van der Waals surface area contributed by atoms with E-state index in [4.69, 9.17) is 30.5 Å². The Morgan fingerprint density at radius 2 is 2.07 bits per heavy atom. The molecule has 2 saturated heterocycles. The molecule has 2 aromatic rings. The molecule has 4 atom stereocenters. The smallest absolute Gasteiger partial charge is 0.456 e. The van der Waals surface area contributed by atoms with Crippen molar-refractivity contribution < 1.29 is 32.9 Å². The fourth-order valence-corrected chi connectivity index (χ4v) is 3.26. The summed E-state index contributed by atoms with van der Waals surface area (Å²) in [6, 6.07) is 6.81. The van der Waals surface area contributed by atoms with Gasteiger partial charge in [0.2, 0.25) is 6.10 Å². The van der Waals surface area contributed by atoms with E-state index in [0.29, 0.717) is 0 Å². The van der Waals surface area contributed by atoms with Crippen molar-refractivity contribution in [2.45, 2.75) is 24.3 Å². The van der Waals surface area contributed by atoms with Gasteiger partial charge in [-0.05, 0) is 18.2 Å². The molecule has 4 rings (SSSR count). The van der Waals surface area contributed by atoms with Crippen molar-refractivity contribution in [3.8, 4) is 0 Å². The number of hydrogen-bond donors (Lipinski definition) is 1. The van der Waals surface area contributed by atoms with Crippen LogP contribution in [0.15, 0.2) is 46.1 Å². The van der Waals surface area contributed by atoms with Crippen molar-refractivity contribution in [2.24, 2.45) is 0 Å². The maximum Gasteiger partial charge on any atom is 0.509 e. The second kappa shape index (κ2) is 7.01. The molecule has 2 aliphatic rings. The summed E-state index contributed by atoms with van der Waals surface area (Å²) in [5.41, 5.74) is -1.52. The normalized spacial score (nSPS) is 27.8. The number of nitrogens with one attached hydrogen (secondary N) is 1. The lowest BCUT2D eigenvalue weighted by Gasteiger charge is -2.23. The zero-order valence-electron chi connectivity index (χ0n) is 14.4. The third kappa shape index (κ3) is 3.49. The van der Waals surface area contributed by atoms with E-state index in [0.717, 1.165) is 16.8 Å². The SMILES string of the molecule is O=C1O[C@H]2[C@H](n3ccc(=O)[nH]c3=O)O[C@](F)(COC(=O)c3cccc(Cl)c3)[C@H]2O1. The number of esters is 1. The Balaban J connectivity index is 1.57. The van der Waals surface area contributed by atoms with Crippen LogP contribution >= 0.6 is 11.6 Å². The first-order valence-corrected chi connectivity index (χ1v) is 8.63. The summed E-state index contributed by atoms with van der Waals surface area (Å²) in [4.78, 5) is 48.9. The van der Waals surface area contributed by atoms with Gasteiger partial charge in [-0.25, -0.2) is 18.8 Å². The highest BCUT2D eigenvalue weighted by Crippen LogP contribution is 2.44. The Bertz CT molecular complexity index is 1100. The molecule has 29 heavy (non-hydrogen) atoms. The minimum atomic E-state index is -2.80. The highest BCUT2D eigenvalue weighted by atomic mass is 35.5. The van der Waals surface area contributed by atoms with E-state index in [9.17, 15) is 19.2 Å². The number of H-pyrrole nitrogens is 1. The monoisotopic (exact) mass is 426 g/mol. The molecule has 152 valence electrons. The first-order chi connectivity index (χ1) is 13.8. The molecule has 0 bridgehead atoms. The van der Waals surface area contributed by atoms with Crippen molar-refractivity contribution >= 4 is 23.7 Å². The first-order valence-electron chi connectivity index (χ1n) is 8.25. The third-order valence-electron chi connectivity index (χ3n) is 4.36. The van der Waals surface area contributed by atoms with E-state index in [2.05, 4.69) is 0 Å². The Labute approximate surface area is 165 Å². The van der Waals surface area contributed by atoms with Crippen LogP contribution in [0.2, 0.25) is 5.02 Å². The van der Waals surface area contributed by atoms with Gasteiger partial charge >= 0.3 is 17.8 Å². The maximum absolute atomic E-state index is 15.5. The number of fused-ring (bicyclic) bond motifs is 1. The van der Waals surface area contributed by atoms with Crippen LogP contribution in [0, 0.1) is 0 Å². The van der Waals surface area contributed by atoms with Gasteiger partial charge in [0.1, 0.15) is 0 Å². The van der Waals surface area contributed by atoms with E-state index < -0.39 is 54.3 Å². The van der Waals surface area contributed by atoms with E-state index in [-0.39, 0.29) is 10.6 Å². The molecule has 3 heterocycles. The summed E-state index contributed by atoms with van der Waals surface area (Å²) in [6.07, 6.45) is -4.52. The topological polar surface area (TPSA) is 126 Å². The number of aromatic nitrogens is 2. The van der Waals surface area contributed by atoms with Crippen molar-refractivity contribution in [1.29, 1.82) is 0 Å². The molecule has 10 nitrogen and oxygen atoms in total. The van der Waals surface area contributed by atoms with Crippen molar-refractivity contribution in [1.82, 2.24) is 9.55 Å². The second-order valence-electron chi connectivity index (χ2n) is 6.27. The van der Waals surface area contributed by atoms with E-state index in [1.807, 2.05) is 4.98 Å². The Morgan fingerprint density at radius 1 is 1.28 bits per heavy atom. The van der Waals surface area contributed by atoms with Crippen LogP contribution in [0.25, 0.3) is 0 Å². The van der Waals surface area contributed by atoms with Crippen LogP contribution in [-0.4, -0.2) is 46.3 Å². The van der Waals surface area contributed by atoms with Crippen LogP contribution in [-0.2, 0) is 18.9 Å². The molecule has 0 spiro atoms. The summed E-state index contributed by atoms with van der Waals surface area (Å²) < 4.78 is 36.2. The number of rotatable bonds is 4. The fraction of sp³-hybridized carbons (Fsp3) is 0.294. The number of carbonyl (C=O) groups is 2. The molecule has 0 unspecified atom stereocenters. The maximum atomic E-state index is 15.5. The number of nitrogens with zero attached hydrogens (tertiary/aromatic N) is 1. The van der Waals surface area contributed by atoms with Crippen LogP contribution in [0.3, 0.4) is 0 Å². The summed E-state index contributed by atoms with van der Waals surface area (Å²) in [6.45, 7) is -0.954. The molecule has 1 aromatic carbocycles. The zero-order chi connectivity index (χ0) is 20.8. The number of ether oxygens (including phenoxy) is 4. The van der Waals surface area contributed by atoms with Crippen molar-refractivity contribution in [3.05, 3.63) is 68.0 Å². The standard InChI is InChI=1S/C17H12ClFN2O8/c18-9-3-1-2-8(6-9)14(23)26-7-17(19)12-11(27-16(25)28-12)13(29-17)21-5-4-10(22)20-15(21)24/h1-6,11-13H,7H2,(H,20,22,24)/t11-,12+,13-,17-/m1/s1. The van der Waals surface area contributed by atoms with Crippen LogP contribution in [0.1, 0.15) is 16.6 Å². The second-order valence-corrected chi connectivity index (χ2v) is 6.71. The predicted molar refractivity (Wildman–Crippen MR) is 92.2 cm³/mol. The van der Waals surface area contributed by atoms with Gasteiger partial charge < -0.3 is 18.9 Å². The summed E-state index contributed by atoms with van der Waals surface area (Å²) in [7, 11) is 0.